The Morgan fingerprint density at radius 3 is 2.31 bits per heavy atom. The first kappa shape index (κ1) is 21.8. The van der Waals surface area contributed by atoms with E-state index in [1.807, 2.05) is 12.1 Å². The number of hydrogen-bond donors (Lipinski definition) is 0. The Kier molecular flexibility index (Phi) is 5.82. The molecule has 2 aromatic carbocycles. The van der Waals surface area contributed by atoms with E-state index in [1.54, 1.807) is 31.2 Å². The summed E-state index contributed by atoms with van der Waals surface area (Å²) in [4.78, 5) is 0.168. The molecule has 0 spiro atoms. The highest BCUT2D eigenvalue weighted by molar-refractivity contribution is 9.10. The highest BCUT2D eigenvalue weighted by Crippen LogP contribution is 2.34. The monoisotopic (exact) mass is 497 g/mol. The molecule has 0 atom stereocenters. The second kappa shape index (κ2) is 7.74. The molecule has 1 aromatic heterocycles. The molecular weight excluding hydrogens is 478 g/mol. The SMILES string of the molecule is COc1cc(Br)c(Cl)cc1-n1nnc(S(=O)(=O)c2ccc(C(C)(C)C)cc2)c1C. The zero-order chi connectivity index (χ0) is 21.6. The molecule has 29 heavy (non-hydrogen) atoms. The number of hydrogen-bond acceptors (Lipinski definition) is 5. The molecule has 3 rings (SSSR count). The number of benzene rings is 2. The van der Waals surface area contributed by atoms with Gasteiger partial charge in [-0.05, 0) is 58.1 Å². The summed E-state index contributed by atoms with van der Waals surface area (Å²) in [7, 11) is -2.32. The van der Waals surface area contributed by atoms with Crippen molar-refractivity contribution < 1.29 is 13.2 Å². The molecule has 0 aliphatic rings. The summed E-state index contributed by atoms with van der Waals surface area (Å²) in [5, 5.41) is 8.33. The van der Waals surface area contributed by atoms with Crippen molar-refractivity contribution in [1.29, 1.82) is 0 Å². The molecule has 0 bridgehead atoms. The Balaban J connectivity index is 2.09. The fourth-order valence-electron chi connectivity index (χ4n) is 2.89. The first-order valence-corrected chi connectivity index (χ1v) is 11.4. The van der Waals surface area contributed by atoms with Gasteiger partial charge in [-0.2, -0.15) is 0 Å². The Bertz CT molecular complexity index is 1170. The predicted octanol–water partition coefficient (Wildman–Crippen LogP) is 5.13. The van der Waals surface area contributed by atoms with Gasteiger partial charge in [0.15, 0.2) is 0 Å². The van der Waals surface area contributed by atoms with E-state index in [0.29, 0.717) is 26.6 Å². The van der Waals surface area contributed by atoms with E-state index in [9.17, 15) is 8.42 Å². The molecule has 0 unspecified atom stereocenters. The summed E-state index contributed by atoms with van der Waals surface area (Å²) in [6.45, 7) is 7.86. The zero-order valence-corrected chi connectivity index (χ0v) is 19.9. The highest BCUT2D eigenvalue weighted by atomic mass is 79.9. The van der Waals surface area contributed by atoms with Crippen molar-refractivity contribution >= 4 is 37.4 Å². The van der Waals surface area contributed by atoms with Crippen LogP contribution < -0.4 is 4.74 Å². The zero-order valence-electron chi connectivity index (χ0n) is 16.7. The van der Waals surface area contributed by atoms with Crippen LogP contribution in [0.3, 0.4) is 0 Å². The van der Waals surface area contributed by atoms with Crippen LogP contribution in [0.5, 0.6) is 5.75 Å². The van der Waals surface area contributed by atoms with Gasteiger partial charge in [0.1, 0.15) is 11.4 Å². The van der Waals surface area contributed by atoms with E-state index < -0.39 is 9.84 Å². The van der Waals surface area contributed by atoms with Gasteiger partial charge in [0.25, 0.3) is 0 Å². The highest BCUT2D eigenvalue weighted by Gasteiger charge is 2.27. The lowest BCUT2D eigenvalue weighted by Crippen LogP contribution is -2.12. The summed E-state index contributed by atoms with van der Waals surface area (Å²) in [5.74, 6) is 0.479. The number of ether oxygens (including phenoxy) is 1. The lowest BCUT2D eigenvalue weighted by atomic mass is 9.87. The van der Waals surface area contributed by atoms with Crippen molar-refractivity contribution in [2.24, 2.45) is 0 Å². The Morgan fingerprint density at radius 2 is 1.76 bits per heavy atom. The van der Waals surface area contributed by atoms with E-state index >= 15 is 0 Å². The molecule has 0 aliphatic carbocycles. The van der Waals surface area contributed by atoms with E-state index in [0.717, 1.165) is 5.56 Å². The molecule has 0 radical (unpaired) electrons. The fourth-order valence-corrected chi connectivity index (χ4v) is 4.70. The van der Waals surface area contributed by atoms with Gasteiger partial charge in [-0.3, -0.25) is 0 Å². The number of sulfone groups is 1. The Morgan fingerprint density at radius 1 is 1.14 bits per heavy atom. The predicted molar refractivity (Wildman–Crippen MR) is 116 cm³/mol. The average molecular weight is 499 g/mol. The molecule has 0 saturated carbocycles. The van der Waals surface area contributed by atoms with Crippen molar-refractivity contribution in [1.82, 2.24) is 15.0 Å². The Hall–Kier alpha value is -1.90. The minimum atomic E-state index is -3.83. The van der Waals surface area contributed by atoms with E-state index in [4.69, 9.17) is 16.3 Å². The summed E-state index contributed by atoms with van der Waals surface area (Å²) in [6.07, 6.45) is 0. The number of halogens is 2. The van der Waals surface area contributed by atoms with Crippen LogP contribution in [0.2, 0.25) is 5.02 Å². The van der Waals surface area contributed by atoms with E-state index in [2.05, 4.69) is 47.0 Å². The molecule has 6 nitrogen and oxygen atoms in total. The maximum absolute atomic E-state index is 13.2. The standard InChI is InChI=1S/C20H21BrClN3O3S/c1-12-19(29(26,27)14-8-6-13(7-9-14)20(2,3)4)23-24-25(12)17-11-16(22)15(21)10-18(17)28-5/h6-11H,1-5H3. The quantitative estimate of drug-likeness (QED) is 0.498. The van der Waals surface area contributed by atoms with Gasteiger partial charge in [0.05, 0.1) is 22.7 Å². The molecular formula is C20H21BrClN3O3S. The van der Waals surface area contributed by atoms with E-state index in [-0.39, 0.29) is 15.3 Å². The van der Waals surface area contributed by atoms with Crippen LogP contribution in [0.25, 0.3) is 5.69 Å². The molecule has 9 heteroatoms. The topological polar surface area (TPSA) is 74.1 Å². The number of aromatic nitrogens is 3. The minimum Gasteiger partial charge on any atom is -0.494 e. The van der Waals surface area contributed by atoms with Crippen LogP contribution in [-0.2, 0) is 15.3 Å². The van der Waals surface area contributed by atoms with Gasteiger partial charge in [0.2, 0.25) is 14.9 Å². The molecule has 154 valence electrons. The molecule has 0 amide bonds. The lowest BCUT2D eigenvalue weighted by molar-refractivity contribution is 0.411. The van der Waals surface area contributed by atoms with Gasteiger partial charge in [-0.1, -0.05) is 49.7 Å². The van der Waals surface area contributed by atoms with Crippen LogP contribution in [-0.4, -0.2) is 30.5 Å². The minimum absolute atomic E-state index is 0.0707. The summed E-state index contributed by atoms with van der Waals surface area (Å²) in [5.41, 5.74) is 1.83. The van der Waals surface area contributed by atoms with Gasteiger partial charge < -0.3 is 4.74 Å². The van der Waals surface area contributed by atoms with Gasteiger partial charge in [0, 0.05) is 4.47 Å². The van der Waals surface area contributed by atoms with Gasteiger partial charge in [-0.25, -0.2) is 13.1 Å². The van der Waals surface area contributed by atoms with Crippen molar-refractivity contribution in [3.63, 3.8) is 0 Å². The second-order valence-corrected chi connectivity index (χ2v) is 10.7. The third-order valence-corrected chi connectivity index (χ3v) is 7.56. The summed E-state index contributed by atoms with van der Waals surface area (Å²) < 4.78 is 33.8. The maximum atomic E-state index is 13.2. The average Bonchev–Trinajstić information content (AvgIpc) is 3.05. The molecule has 1 heterocycles. The molecule has 0 fully saturated rings. The van der Waals surface area contributed by atoms with Crippen molar-refractivity contribution in [3.05, 3.63) is 57.2 Å². The van der Waals surface area contributed by atoms with Crippen LogP contribution in [0.1, 0.15) is 32.0 Å². The summed E-state index contributed by atoms with van der Waals surface area (Å²) in [6, 6.07) is 10.2. The first-order chi connectivity index (χ1) is 13.5. The van der Waals surface area contributed by atoms with Gasteiger partial charge >= 0.3 is 0 Å². The fraction of sp³-hybridized carbons (Fsp3) is 0.300. The lowest BCUT2D eigenvalue weighted by Gasteiger charge is -2.19. The van der Waals surface area contributed by atoms with Crippen molar-refractivity contribution in [2.45, 2.75) is 43.0 Å². The van der Waals surface area contributed by atoms with Gasteiger partial charge in [-0.15, -0.1) is 5.10 Å². The first-order valence-electron chi connectivity index (χ1n) is 8.78. The third-order valence-electron chi connectivity index (χ3n) is 4.59. The number of methoxy groups -OCH3 is 1. The largest absolute Gasteiger partial charge is 0.494 e. The maximum Gasteiger partial charge on any atom is 0.227 e. The molecule has 0 saturated heterocycles. The van der Waals surface area contributed by atoms with E-state index in [1.165, 1.54) is 11.8 Å². The van der Waals surface area contributed by atoms with Crippen molar-refractivity contribution in [3.8, 4) is 11.4 Å². The normalized spacial score (nSPS) is 12.2. The van der Waals surface area contributed by atoms with Crippen LogP contribution >= 0.6 is 27.5 Å². The molecule has 0 aliphatic heterocycles. The Labute approximate surface area is 183 Å². The van der Waals surface area contributed by atoms with Crippen LogP contribution in [0, 0.1) is 6.92 Å². The second-order valence-electron chi connectivity index (χ2n) is 7.61. The molecule has 3 aromatic rings. The summed E-state index contributed by atoms with van der Waals surface area (Å²) >= 11 is 9.55. The number of rotatable bonds is 4. The van der Waals surface area contributed by atoms with Crippen LogP contribution in [0.15, 0.2) is 50.8 Å². The third kappa shape index (κ3) is 4.06. The van der Waals surface area contributed by atoms with Crippen molar-refractivity contribution in [2.75, 3.05) is 7.11 Å². The molecule has 0 N–H and O–H groups in total. The smallest absolute Gasteiger partial charge is 0.227 e. The number of nitrogens with zero attached hydrogens (tertiary/aromatic N) is 3. The van der Waals surface area contributed by atoms with Crippen LogP contribution in [0.4, 0.5) is 0 Å².